The summed E-state index contributed by atoms with van der Waals surface area (Å²) < 4.78 is 22.1. The third-order valence-corrected chi connectivity index (χ3v) is 4.22. The van der Waals surface area contributed by atoms with Crippen molar-refractivity contribution in [3.63, 3.8) is 0 Å². The monoisotopic (exact) mass is 385 g/mol. The van der Waals surface area contributed by atoms with Gasteiger partial charge in [0, 0.05) is 24.7 Å². The Hall–Kier alpha value is -3.09. The summed E-state index contributed by atoms with van der Waals surface area (Å²) >= 11 is 0. The van der Waals surface area contributed by atoms with Gasteiger partial charge in [0.1, 0.15) is 0 Å². The van der Waals surface area contributed by atoms with Gasteiger partial charge in [0.25, 0.3) is 0 Å². The Labute approximate surface area is 165 Å². The third kappa shape index (κ3) is 5.00. The van der Waals surface area contributed by atoms with Gasteiger partial charge < -0.3 is 29.6 Å². The number of rotatable bonds is 6. The van der Waals surface area contributed by atoms with Crippen molar-refractivity contribution in [2.24, 2.45) is 4.99 Å². The summed E-state index contributed by atoms with van der Waals surface area (Å²) in [5.41, 5.74) is 1.91. The quantitative estimate of drug-likeness (QED) is 0.586. The largest absolute Gasteiger partial charge is 0.493 e. The van der Waals surface area contributed by atoms with Crippen molar-refractivity contribution in [2.45, 2.75) is 19.9 Å². The van der Waals surface area contributed by atoms with Crippen molar-refractivity contribution < 1.29 is 18.9 Å². The molecule has 1 heterocycles. The molecular weight excluding hydrogens is 358 g/mol. The van der Waals surface area contributed by atoms with E-state index in [0.29, 0.717) is 37.2 Å². The maximum atomic E-state index is 5.76. The maximum Gasteiger partial charge on any atom is 0.196 e. The molecule has 0 bridgehead atoms. The van der Waals surface area contributed by atoms with Gasteiger partial charge in [-0.15, -0.1) is 0 Å². The third-order valence-electron chi connectivity index (χ3n) is 4.22. The summed E-state index contributed by atoms with van der Waals surface area (Å²) in [5, 5.41) is 6.58. The lowest BCUT2D eigenvalue weighted by molar-refractivity contribution is 0.297. The molecule has 2 aromatic carbocycles. The number of ether oxygens (including phenoxy) is 4. The van der Waals surface area contributed by atoms with Crippen LogP contribution in [0.4, 0.5) is 5.69 Å². The number of guanidine groups is 1. The maximum absolute atomic E-state index is 5.76. The van der Waals surface area contributed by atoms with Gasteiger partial charge in [0.05, 0.1) is 34.0 Å². The van der Waals surface area contributed by atoms with Crippen molar-refractivity contribution in [3.05, 3.63) is 42.0 Å². The lowest BCUT2D eigenvalue weighted by Crippen LogP contribution is -2.30. The Morgan fingerprint density at radius 2 is 1.79 bits per heavy atom. The van der Waals surface area contributed by atoms with Crippen LogP contribution >= 0.6 is 0 Å². The van der Waals surface area contributed by atoms with Crippen molar-refractivity contribution >= 4 is 11.6 Å². The highest BCUT2D eigenvalue weighted by Crippen LogP contribution is 2.32. The molecule has 2 aromatic rings. The minimum absolute atomic E-state index is 0.500. The average molecular weight is 385 g/mol. The standard InChI is InChI=1S/C21H27N3O4/c1-4-22-21(23-14-15-6-8-17(25-2)19(12-15)26-3)24-16-7-9-18-20(13-16)28-11-5-10-27-18/h6-9,12-13H,4-5,10-11,14H2,1-3H3,(H2,22,23,24). The molecule has 0 spiro atoms. The molecule has 2 N–H and O–H groups in total. The first kappa shape index (κ1) is 19.7. The molecular formula is C21H27N3O4. The van der Waals surface area contributed by atoms with Crippen LogP contribution in [0.3, 0.4) is 0 Å². The van der Waals surface area contributed by atoms with E-state index < -0.39 is 0 Å². The highest BCUT2D eigenvalue weighted by atomic mass is 16.5. The number of fused-ring (bicyclic) bond motifs is 1. The average Bonchev–Trinajstić information content (AvgIpc) is 2.97. The van der Waals surface area contributed by atoms with E-state index in [0.717, 1.165) is 35.7 Å². The van der Waals surface area contributed by atoms with E-state index in [2.05, 4.69) is 15.6 Å². The minimum Gasteiger partial charge on any atom is -0.493 e. The topological polar surface area (TPSA) is 73.3 Å². The first-order chi connectivity index (χ1) is 13.7. The number of methoxy groups -OCH3 is 2. The molecule has 0 amide bonds. The summed E-state index contributed by atoms with van der Waals surface area (Å²) in [6.07, 6.45) is 0.882. The van der Waals surface area contributed by atoms with E-state index in [-0.39, 0.29) is 0 Å². The van der Waals surface area contributed by atoms with Gasteiger partial charge in [-0.2, -0.15) is 0 Å². The number of benzene rings is 2. The van der Waals surface area contributed by atoms with Crippen molar-refractivity contribution in [1.29, 1.82) is 0 Å². The van der Waals surface area contributed by atoms with Gasteiger partial charge in [-0.05, 0) is 36.8 Å². The van der Waals surface area contributed by atoms with Crippen LogP contribution in [0.1, 0.15) is 18.9 Å². The lowest BCUT2D eigenvalue weighted by atomic mass is 10.2. The molecule has 0 aliphatic carbocycles. The van der Waals surface area contributed by atoms with Crippen LogP contribution < -0.4 is 29.6 Å². The smallest absolute Gasteiger partial charge is 0.196 e. The molecule has 3 rings (SSSR count). The lowest BCUT2D eigenvalue weighted by Gasteiger charge is -2.14. The molecule has 0 saturated heterocycles. The van der Waals surface area contributed by atoms with E-state index in [9.17, 15) is 0 Å². The minimum atomic E-state index is 0.500. The van der Waals surface area contributed by atoms with E-state index in [1.807, 2.05) is 43.3 Å². The molecule has 0 aromatic heterocycles. The fourth-order valence-electron chi connectivity index (χ4n) is 2.83. The molecule has 0 fully saturated rings. The highest BCUT2D eigenvalue weighted by molar-refractivity contribution is 5.93. The van der Waals surface area contributed by atoms with Crippen LogP contribution in [0, 0.1) is 0 Å². The Kier molecular flexibility index (Phi) is 6.84. The van der Waals surface area contributed by atoms with Crippen LogP contribution in [0.2, 0.25) is 0 Å². The Morgan fingerprint density at radius 1 is 1.00 bits per heavy atom. The molecule has 28 heavy (non-hydrogen) atoms. The molecule has 7 nitrogen and oxygen atoms in total. The first-order valence-electron chi connectivity index (χ1n) is 9.39. The summed E-state index contributed by atoms with van der Waals surface area (Å²) in [4.78, 5) is 4.67. The molecule has 0 unspecified atom stereocenters. The predicted octanol–water partition coefficient (Wildman–Crippen LogP) is 3.44. The van der Waals surface area contributed by atoms with Gasteiger partial charge in [-0.25, -0.2) is 4.99 Å². The molecule has 7 heteroatoms. The van der Waals surface area contributed by atoms with Crippen molar-refractivity contribution in [1.82, 2.24) is 5.32 Å². The summed E-state index contributed by atoms with van der Waals surface area (Å²) in [7, 11) is 3.25. The second kappa shape index (κ2) is 9.73. The molecule has 1 aliphatic heterocycles. The van der Waals surface area contributed by atoms with Gasteiger partial charge >= 0.3 is 0 Å². The number of hydrogen-bond donors (Lipinski definition) is 2. The van der Waals surface area contributed by atoms with E-state index in [1.165, 1.54) is 0 Å². The number of nitrogens with zero attached hydrogens (tertiary/aromatic N) is 1. The SMILES string of the molecule is CCNC(=NCc1ccc(OC)c(OC)c1)Nc1ccc2c(c1)OCCCO2. The Balaban J connectivity index is 1.73. The van der Waals surface area contributed by atoms with Crippen LogP contribution in [0.15, 0.2) is 41.4 Å². The zero-order valence-corrected chi connectivity index (χ0v) is 16.6. The molecule has 0 atom stereocenters. The molecule has 1 aliphatic rings. The number of nitrogens with one attached hydrogen (secondary N) is 2. The summed E-state index contributed by atoms with van der Waals surface area (Å²) in [6.45, 7) is 4.61. The molecule has 0 saturated carbocycles. The zero-order chi connectivity index (χ0) is 19.8. The summed E-state index contributed by atoms with van der Waals surface area (Å²) in [5.74, 6) is 3.60. The predicted molar refractivity (Wildman–Crippen MR) is 110 cm³/mol. The van der Waals surface area contributed by atoms with Gasteiger partial charge in [0.15, 0.2) is 29.0 Å². The van der Waals surface area contributed by atoms with Crippen LogP contribution in [0.5, 0.6) is 23.0 Å². The number of hydrogen-bond acceptors (Lipinski definition) is 5. The first-order valence-corrected chi connectivity index (χ1v) is 9.39. The van der Waals surface area contributed by atoms with Gasteiger partial charge in [0.2, 0.25) is 0 Å². The van der Waals surface area contributed by atoms with Gasteiger partial charge in [-0.3, -0.25) is 0 Å². The second-order valence-corrected chi connectivity index (χ2v) is 6.22. The number of aliphatic imine (C=N–C) groups is 1. The van der Waals surface area contributed by atoms with Crippen LogP contribution in [0.25, 0.3) is 0 Å². The van der Waals surface area contributed by atoms with Crippen LogP contribution in [-0.4, -0.2) is 39.9 Å². The van der Waals surface area contributed by atoms with Crippen molar-refractivity contribution in [3.8, 4) is 23.0 Å². The fraction of sp³-hybridized carbons (Fsp3) is 0.381. The van der Waals surface area contributed by atoms with E-state index in [4.69, 9.17) is 18.9 Å². The van der Waals surface area contributed by atoms with E-state index >= 15 is 0 Å². The van der Waals surface area contributed by atoms with Gasteiger partial charge in [-0.1, -0.05) is 6.07 Å². The zero-order valence-electron chi connectivity index (χ0n) is 16.6. The highest BCUT2D eigenvalue weighted by Gasteiger charge is 2.11. The van der Waals surface area contributed by atoms with E-state index in [1.54, 1.807) is 14.2 Å². The molecule has 150 valence electrons. The Morgan fingerprint density at radius 3 is 2.54 bits per heavy atom. The summed E-state index contributed by atoms with van der Waals surface area (Å²) in [6, 6.07) is 11.6. The Bertz CT molecular complexity index is 823. The molecule has 0 radical (unpaired) electrons. The van der Waals surface area contributed by atoms with Crippen molar-refractivity contribution in [2.75, 3.05) is 39.3 Å². The normalized spacial score (nSPS) is 13.5. The fourth-order valence-corrected chi connectivity index (χ4v) is 2.83. The van der Waals surface area contributed by atoms with Crippen LogP contribution in [-0.2, 0) is 6.54 Å². The number of anilines is 1. The second-order valence-electron chi connectivity index (χ2n) is 6.22.